The quantitative estimate of drug-likeness (QED) is 0.884. The van der Waals surface area contributed by atoms with Crippen LogP contribution in [0.2, 0.25) is 0 Å². The summed E-state index contributed by atoms with van der Waals surface area (Å²) in [5.74, 6) is 0. The lowest BCUT2D eigenvalue weighted by Gasteiger charge is -2.10. The van der Waals surface area contributed by atoms with Crippen molar-refractivity contribution in [3.05, 3.63) is 46.5 Å². The van der Waals surface area contributed by atoms with Gasteiger partial charge in [-0.1, -0.05) is 41.7 Å². The van der Waals surface area contributed by atoms with Gasteiger partial charge in [-0.2, -0.15) is 0 Å². The van der Waals surface area contributed by atoms with Crippen LogP contribution >= 0.6 is 11.5 Å². The molecule has 0 spiro atoms. The summed E-state index contributed by atoms with van der Waals surface area (Å²) in [6.07, 6.45) is 2.86. The van der Waals surface area contributed by atoms with E-state index >= 15 is 0 Å². The normalized spacial score (nSPS) is 12.6. The Morgan fingerprint density at radius 2 is 2.06 bits per heavy atom. The van der Waals surface area contributed by atoms with Gasteiger partial charge in [0.1, 0.15) is 0 Å². The monoisotopic (exact) mass is 247 g/mol. The third-order valence-corrected chi connectivity index (χ3v) is 3.74. The van der Waals surface area contributed by atoms with Gasteiger partial charge >= 0.3 is 0 Å². The van der Waals surface area contributed by atoms with Gasteiger partial charge in [-0.15, -0.1) is 5.10 Å². The highest BCUT2D eigenvalue weighted by atomic mass is 32.1. The van der Waals surface area contributed by atoms with Crippen molar-refractivity contribution >= 4 is 11.5 Å². The third kappa shape index (κ3) is 3.11. The molecule has 0 radical (unpaired) electrons. The van der Waals surface area contributed by atoms with E-state index in [4.69, 9.17) is 5.73 Å². The van der Waals surface area contributed by atoms with Crippen LogP contribution in [0.1, 0.15) is 35.5 Å². The minimum absolute atomic E-state index is 0.0603. The van der Waals surface area contributed by atoms with Gasteiger partial charge in [0, 0.05) is 6.04 Å². The first-order valence-corrected chi connectivity index (χ1v) is 6.69. The molecule has 0 saturated carbocycles. The first-order chi connectivity index (χ1) is 8.31. The summed E-state index contributed by atoms with van der Waals surface area (Å²) >= 11 is 1.43. The largest absolute Gasteiger partial charge is 0.323 e. The van der Waals surface area contributed by atoms with Crippen LogP contribution in [0.4, 0.5) is 0 Å². The molecule has 2 N–H and O–H groups in total. The standard InChI is InChI=1S/C13H17N3S/c1-2-12-13(17-16-15-12)11(14)9-8-10-6-4-3-5-7-10/h3-7,11H,2,8-9,14H2,1H3. The molecule has 90 valence electrons. The summed E-state index contributed by atoms with van der Waals surface area (Å²) in [6, 6.07) is 10.5. The molecule has 0 fully saturated rings. The zero-order chi connectivity index (χ0) is 12.1. The van der Waals surface area contributed by atoms with Crippen LogP contribution in [-0.2, 0) is 12.8 Å². The fraction of sp³-hybridized carbons (Fsp3) is 0.385. The molecule has 1 aromatic heterocycles. The number of nitrogens with two attached hydrogens (primary N) is 1. The van der Waals surface area contributed by atoms with E-state index in [0.717, 1.165) is 29.8 Å². The Morgan fingerprint density at radius 3 is 2.76 bits per heavy atom. The molecule has 2 rings (SSSR count). The summed E-state index contributed by atoms with van der Waals surface area (Å²) in [5, 5.41) is 4.10. The van der Waals surface area contributed by atoms with E-state index in [1.165, 1.54) is 17.1 Å². The molecule has 0 bridgehead atoms. The van der Waals surface area contributed by atoms with Gasteiger partial charge in [0.15, 0.2) is 0 Å². The van der Waals surface area contributed by atoms with Gasteiger partial charge in [-0.25, -0.2) is 0 Å². The summed E-state index contributed by atoms with van der Waals surface area (Å²) in [4.78, 5) is 1.14. The van der Waals surface area contributed by atoms with Gasteiger partial charge in [-0.3, -0.25) is 0 Å². The third-order valence-electron chi connectivity index (χ3n) is 2.84. The Labute approximate surface area is 106 Å². The van der Waals surface area contributed by atoms with Crippen LogP contribution in [0.5, 0.6) is 0 Å². The number of benzene rings is 1. The topological polar surface area (TPSA) is 51.8 Å². The SMILES string of the molecule is CCc1nnsc1C(N)CCc1ccccc1. The molecule has 1 unspecified atom stereocenters. The van der Waals surface area contributed by atoms with E-state index in [1.54, 1.807) is 0 Å². The van der Waals surface area contributed by atoms with Crippen LogP contribution in [-0.4, -0.2) is 9.59 Å². The minimum Gasteiger partial charge on any atom is -0.323 e. The molecule has 0 aliphatic rings. The number of hydrogen-bond donors (Lipinski definition) is 1. The van der Waals surface area contributed by atoms with E-state index in [9.17, 15) is 0 Å². The Balaban J connectivity index is 1.96. The number of aryl methyl sites for hydroxylation is 2. The predicted octanol–water partition coefficient (Wildman–Crippen LogP) is 2.73. The van der Waals surface area contributed by atoms with Crippen molar-refractivity contribution < 1.29 is 0 Å². The summed E-state index contributed by atoms with van der Waals surface area (Å²) in [7, 11) is 0. The summed E-state index contributed by atoms with van der Waals surface area (Å²) in [5.41, 5.74) is 8.58. The number of aromatic nitrogens is 2. The second-order valence-electron chi connectivity index (χ2n) is 4.07. The molecule has 3 nitrogen and oxygen atoms in total. The molecule has 4 heteroatoms. The Kier molecular flexibility index (Phi) is 4.23. The Bertz CT molecular complexity index is 453. The minimum atomic E-state index is 0.0603. The molecular formula is C13H17N3S. The lowest BCUT2D eigenvalue weighted by atomic mass is 10.0. The first kappa shape index (κ1) is 12.2. The maximum atomic E-state index is 6.19. The molecule has 1 aromatic carbocycles. The zero-order valence-electron chi connectivity index (χ0n) is 9.97. The van der Waals surface area contributed by atoms with E-state index in [-0.39, 0.29) is 6.04 Å². The van der Waals surface area contributed by atoms with Crippen molar-refractivity contribution in [3.63, 3.8) is 0 Å². The maximum absolute atomic E-state index is 6.19. The number of nitrogens with zero attached hydrogens (tertiary/aromatic N) is 2. The highest BCUT2D eigenvalue weighted by Gasteiger charge is 2.14. The van der Waals surface area contributed by atoms with E-state index in [2.05, 4.69) is 40.8 Å². The van der Waals surface area contributed by atoms with Crippen molar-refractivity contribution in [2.45, 2.75) is 32.2 Å². The van der Waals surface area contributed by atoms with Crippen LogP contribution in [0.25, 0.3) is 0 Å². The molecule has 2 aromatic rings. The van der Waals surface area contributed by atoms with Crippen molar-refractivity contribution in [2.24, 2.45) is 5.73 Å². The fourth-order valence-electron chi connectivity index (χ4n) is 1.84. The van der Waals surface area contributed by atoms with Crippen LogP contribution < -0.4 is 5.73 Å². The molecule has 1 atom stereocenters. The van der Waals surface area contributed by atoms with Gasteiger partial charge in [0.2, 0.25) is 0 Å². The molecule has 0 saturated heterocycles. The molecule has 0 amide bonds. The fourth-order valence-corrected chi connectivity index (χ4v) is 2.61. The van der Waals surface area contributed by atoms with Gasteiger partial charge in [0.05, 0.1) is 10.6 Å². The Hall–Kier alpha value is -1.26. The van der Waals surface area contributed by atoms with E-state index in [0.29, 0.717) is 0 Å². The average Bonchev–Trinajstić information content (AvgIpc) is 2.85. The molecular weight excluding hydrogens is 230 g/mol. The lowest BCUT2D eigenvalue weighted by Crippen LogP contribution is -2.11. The molecule has 0 aliphatic carbocycles. The number of rotatable bonds is 5. The second kappa shape index (κ2) is 5.89. The van der Waals surface area contributed by atoms with Gasteiger partial charge in [0.25, 0.3) is 0 Å². The summed E-state index contributed by atoms with van der Waals surface area (Å²) < 4.78 is 3.98. The van der Waals surface area contributed by atoms with E-state index < -0.39 is 0 Å². The smallest absolute Gasteiger partial charge is 0.0800 e. The van der Waals surface area contributed by atoms with Crippen molar-refractivity contribution in [3.8, 4) is 0 Å². The van der Waals surface area contributed by atoms with Gasteiger partial charge < -0.3 is 5.73 Å². The second-order valence-corrected chi connectivity index (χ2v) is 4.85. The van der Waals surface area contributed by atoms with Gasteiger partial charge in [-0.05, 0) is 36.4 Å². The Morgan fingerprint density at radius 1 is 1.29 bits per heavy atom. The first-order valence-electron chi connectivity index (χ1n) is 5.92. The van der Waals surface area contributed by atoms with Crippen LogP contribution in [0.15, 0.2) is 30.3 Å². The predicted molar refractivity (Wildman–Crippen MR) is 71.0 cm³/mol. The maximum Gasteiger partial charge on any atom is 0.0800 e. The van der Waals surface area contributed by atoms with Crippen LogP contribution in [0, 0.1) is 0 Å². The molecule has 1 heterocycles. The highest BCUT2D eigenvalue weighted by Crippen LogP contribution is 2.22. The average molecular weight is 247 g/mol. The lowest BCUT2D eigenvalue weighted by molar-refractivity contribution is 0.653. The van der Waals surface area contributed by atoms with E-state index in [1.807, 2.05) is 6.07 Å². The molecule has 0 aliphatic heterocycles. The highest BCUT2D eigenvalue weighted by molar-refractivity contribution is 7.05. The zero-order valence-corrected chi connectivity index (χ0v) is 10.8. The number of hydrogen-bond acceptors (Lipinski definition) is 4. The van der Waals surface area contributed by atoms with Crippen molar-refractivity contribution in [1.82, 2.24) is 9.59 Å². The van der Waals surface area contributed by atoms with Crippen molar-refractivity contribution in [2.75, 3.05) is 0 Å². The van der Waals surface area contributed by atoms with Crippen molar-refractivity contribution in [1.29, 1.82) is 0 Å². The molecule has 17 heavy (non-hydrogen) atoms. The van der Waals surface area contributed by atoms with Crippen LogP contribution in [0.3, 0.4) is 0 Å². The summed E-state index contributed by atoms with van der Waals surface area (Å²) in [6.45, 7) is 2.09.